The molecule has 2 aromatic rings. The highest BCUT2D eigenvalue weighted by Gasteiger charge is 2.17. The summed E-state index contributed by atoms with van der Waals surface area (Å²) in [5, 5.41) is 0.429. The smallest absolute Gasteiger partial charge is 0.198 e. The van der Waals surface area contributed by atoms with Crippen LogP contribution in [0.1, 0.15) is 5.56 Å². The van der Waals surface area contributed by atoms with Gasteiger partial charge in [-0.2, -0.15) is 0 Å². The van der Waals surface area contributed by atoms with E-state index in [1.165, 1.54) is 12.1 Å². The highest BCUT2D eigenvalue weighted by atomic mass is 79.9. The molecule has 0 fully saturated rings. The molecule has 21 heavy (non-hydrogen) atoms. The number of halogens is 5. The summed E-state index contributed by atoms with van der Waals surface area (Å²) in [4.78, 5) is -0.121. The van der Waals surface area contributed by atoms with Crippen LogP contribution >= 0.6 is 51.3 Å². The van der Waals surface area contributed by atoms with Crippen LogP contribution in [0.4, 0.5) is 8.78 Å². The minimum Gasteiger partial charge on any atom is -0.450 e. The summed E-state index contributed by atoms with van der Waals surface area (Å²) < 4.78 is 33.5. The number of rotatable bonds is 3. The normalized spacial score (nSPS) is 10.5. The Labute approximate surface area is 142 Å². The molecule has 2 rings (SSSR count). The Kier molecular flexibility index (Phi) is 5.03. The number of thiocarbonyl (C=S) groups is 1. The first-order chi connectivity index (χ1) is 9.79. The highest BCUT2D eigenvalue weighted by molar-refractivity contribution is 9.10. The molecule has 0 atom stereocenters. The van der Waals surface area contributed by atoms with Crippen LogP contribution in [0.3, 0.4) is 0 Å². The van der Waals surface area contributed by atoms with E-state index in [9.17, 15) is 8.78 Å². The first-order valence-electron chi connectivity index (χ1n) is 5.41. The molecule has 0 unspecified atom stereocenters. The zero-order chi connectivity index (χ0) is 15.7. The van der Waals surface area contributed by atoms with Gasteiger partial charge in [0.05, 0.1) is 10.0 Å². The van der Waals surface area contributed by atoms with Gasteiger partial charge in [-0.15, -0.1) is 0 Å². The van der Waals surface area contributed by atoms with E-state index in [0.717, 1.165) is 12.1 Å². The van der Waals surface area contributed by atoms with Crippen molar-refractivity contribution in [2.75, 3.05) is 0 Å². The fraction of sp³-hybridized carbons (Fsp3) is 0. The summed E-state index contributed by atoms with van der Waals surface area (Å²) in [7, 11) is 0. The summed E-state index contributed by atoms with van der Waals surface area (Å²) in [5.74, 6) is -2.50. The lowest BCUT2D eigenvalue weighted by Crippen LogP contribution is -2.10. The molecule has 0 saturated heterocycles. The molecule has 0 radical (unpaired) electrons. The van der Waals surface area contributed by atoms with Gasteiger partial charge in [0.1, 0.15) is 10.7 Å². The topological polar surface area (TPSA) is 35.2 Å². The van der Waals surface area contributed by atoms with Crippen LogP contribution in [0.2, 0.25) is 10.0 Å². The molecule has 110 valence electrons. The minimum atomic E-state index is -0.951. The summed E-state index contributed by atoms with van der Waals surface area (Å²) in [6.45, 7) is 0. The first-order valence-corrected chi connectivity index (χ1v) is 7.36. The van der Waals surface area contributed by atoms with Crippen molar-refractivity contribution in [2.45, 2.75) is 0 Å². The van der Waals surface area contributed by atoms with Gasteiger partial charge in [-0.25, -0.2) is 8.78 Å². The lowest BCUT2D eigenvalue weighted by Gasteiger charge is -2.11. The van der Waals surface area contributed by atoms with Crippen molar-refractivity contribution < 1.29 is 13.5 Å². The molecule has 0 bridgehead atoms. The van der Waals surface area contributed by atoms with Crippen molar-refractivity contribution in [3.05, 3.63) is 56.0 Å². The lowest BCUT2D eigenvalue weighted by atomic mass is 10.2. The molecular formula is C13H6BrCl2F2NOS. The summed E-state index contributed by atoms with van der Waals surface area (Å²) in [6, 6.07) is 4.76. The van der Waals surface area contributed by atoms with E-state index in [1.54, 1.807) is 0 Å². The molecule has 0 aliphatic carbocycles. The van der Waals surface area contributed by atoms with Gasteiger partial charge >= 0.3 is 0 Å². The van der Waals surface area contributed by atoms with Crippen LogP contribution in [0.25, 0.3) is 0 Å². The minimum absolute atomic E-state index is 0.0192. The molecule has 0 aromatic heterocycles. The maximum absolute atomic E-state index is 13.9. The van der Waals surface area contributed by atoms with Gasteiger partial charge < -0.3 is 10.5 Å². The molecule has 8 heteroatoms. The van der Waals surface area contributed by atoms with E-state index in [2.05, 4.69) is 28.1 Å². The molecule has 2 nitrogen and oxygen atoms in total. The maximum atomic E-state index is 13.9. The van der Waals surface area contributed by atoms with Gasteiger partial charge in [0.15, 0.2) is 17.4 Å². The second-order valence-corrected chi connectivity index (χ2v) is 6.04. The molecule has 2 aromatic carbocycles. The second kappa shape index (κ2) is 6.44. The number of nitrogens with two attached hydrogens (primary N) is 1. The molecular weight excluding hydrogens is 407 g/mol. The third-order valence-electron chi connectivity index (χ3n) is 2.47. The van der Waals surface area contributed by atoms with Crippen LogP contribution in [0.15, 0.2) is 28.7 Å². The van der Waals surface area contributed by atoms with Crippen molar-refractivity contribution >= 4 is 56.3 Å². The lowest BCUT2D eigenvalue weighted by molar-refractivity contribution is 0.407. The third kappa shape index (κ3) is 3.63. The van der Waals surface area contributed by atoms with E-state index in [4.69, 9.17) is 33.7 Å². The van der Waals surface area contributed by atoms with E-state index in [0.29, 0.717) is 4.47 Å². The molecule has 0 aliphatic heterocycles. The molecule has 2 N–H and O–H groups in total. The molecule has 0 saturated carbocycles. The van der Waals surface area contributed by atoms with Crippen molar-refractivity contribution in [2.24, 2.45) is 5.73 Å². The van der Waals surface area contributed by atoms with E-state index < -0.39 is 17.4 Å². The van der Waals surface area contributed by atoms with E-state index >= 15 is 0 Å². The monoisotopic (exact) mass is 411 g/mol. The SMILES string of the molecule is NC(=S)c1cc(F)c(Oc2cc(Cl)c(Br)cc2Cl)c(F)c1. The third-order valence-corrected chi connectivity index (χ3v) is 4.20. The predicted molar refractivity (Wildman–Crippen MR) is 86.5 cm³/mol. The number of hydrogen-bond donors (Lipinski definition) is 1. The average Bonchev–Trinajstić information content (AvgIpc) is 2.39. The van der Waals surface area contributed by atoms with E-state index in [-0.39, 0.29) is 26.3 Å². The second-order valence-electron chi connectivity index (χ2n) is 3.93. The number of ether oxygens (including phenoxy) is 1. The average molecular weight is 413 g/mol. The zero-order valence-electron chi connectivity index (χ0n) is 10.1. The molecule has 0 amide bonds. The molecule has 0 spiro atoms. The van der Waals surface area contributed by atoms with Crippen molar-refractivity contribution in [1.82, 2.24) is 0 Å². The summed E-state index contributed by atoms with van der Waals surface area (Å²) >= 11 is 19.7. The van der Waals surface area contributed by atoms with Crippen LogP contribution in [0.5, 0.6) is 11.5 Å². The highest BCUT2D eigenvalue weighted by Crippen LogP contribution is 2.38. The van der Waals surface area contributed by atoms with Gasteiger partial charge in [0.25, 0.3) is 0 Å². The van der Waals surface area contributed by atoms with Gasteiger partial charge in [0, 0.05) is 16.1 Å². The Morgan fingerprint density at radius 3 is 2.19 bits per heavy atom. The maximum Gasteiger partial charge on any atom is 0.198 e. The Bertz CT molecular complexity index is 719. The largest absolute Gasteiger partial charge is 0.450 e. The van der Waals surface area contributed by atoms with Crippen molar-refractivity contribution in [3.63, 3.8) is 0 Å². The van der Waals surface area contributed by atoms with Gasteiger partial charge in [-0.05, 0) is 34.1 Å². The van der Waals surface area contributed by atoms with Gasteiger partial charge in [0.2, 0.25) is 0 Å². The van der Waals surface area contributed by atoms with Crippen molar-refractivity contribution in [3.8, 4) is 11.5 Å². The quantitative estimate of drug-likeness (QED) is 0.536. The van der Waals surface area contributed by atoms with Crippen LogP contribution in [-0.2, 0) is 0 Å². The fourth-order valence-corrected chi connectivity index (χ4v) is 2.44. The number of benzene rings is 2. The first kappa shape index (κ1) is 16.4. The predicted octanol–water partition coefficient (Wildman–Crippen LogP) is 5.46. The van der Waals surface area contributed by atoms with Gasteiger partial charge in [-0.3, -0.25) is 0 Å². The summed E-state index contributed by atoms with van der Waals surface area (Å²) in [6.07, 6.45) is 0. The van der Waals surface area contributed by atoms with Crippen LogP contribution in [-0.4, -0.2) is 4.99 Å². The molecule has 0 aliphatic rings. The van der Waals surface area contributed by atoms with Crippen LogP contribution < -0.4 is 10.5 Å². The Balaban J connectivity index is 2.45. The Morgan fingerprint density at radius 2 is 1.67 bits per heavy atom. The van der Waals surface area contributed by atoms with Crippen molar-refractivity contribution in [1.29, 1.82) is 0 Å². The van der Waals surface area contributed by atoms with Gasteiger partial charge in [-0.1, -0.05) is 35.4 Å². The zero-order valence-corrected chi connectivity index (χ0v) is 14.0. The summed E-state index contributed by atoms with van der Waals surface area (Å²) in [5.41, 5.74) is 5.39. The Morgan fingerprint density at radius 1 is 1.10 bits per heavy atom. The Hall–Kier alpha value is -0.950. The number of hydrogen-bond acceptors (Lipinski definition) is 2. The van der Waals surface area contributed by atoms with Crippen LogP contribution in [0, 0.1) is 11.6 Å². The van der Waals surface area contributed by atoms with E-state index in [1.807, 2.05) is 0 Å². The standard InChI is InChI=1S/C13H6BrCl2F2NOS/c14-6-3-8(16)11(4-7(6)15)20-12-9(17)1-5(13(19)21)2-10(12)18/h1-4H,(H2,19,21). The molecule has 0 heterocycles. The fourth-order valence-electron chi connectivity index (χ4n) is 1.49.